The molecule has 2 nitrogen and oxygen atoms in total. The second kappa shape index (κ2) is 4.53. The standard InChI is InChI=1S/C12H17FN2S/c1-8-6-15(7-9(2)16-8)12-4-3-10(14)5-11(12)13/h3-5,8-9H,6-7,14H2,1-2H3. The monoisotopic (exact) mass is 240 g/mol. The highest BCUT2D eigenvalue weighted by Crippen LogP contribution is 2.30. The van der Waals surface area contributed by atoms with Gasteiger partial charge in [-0.25, -0.2) is 4.39 Å². The summed E-state index contributed by atoms with van der Waals surface area (Å²) in [5.74, 6) is -0.216. The van der Waals surface area contributed by atoms with Crippen LogP contribution in [0.4, 0.5) is 15.8 Å². The number of nitrogens with two attached hydrogens (primary N) is 1. The van der Waals surface area contributed by atoms with Crippen LogP contribution in [-0.4, -0.2) is 23.6 Å². The molecule has 4 heteroatoms. The average molecular weight is 240 g/mol. The molecule has 1 aliphatic rings. The van der Waals surface area contributed by atoms with Gasteiger partial charge in [0.05, 0.1) is 5.69 Å². The van der Waals surface area contributed by atoms with Gasteiger partial charge in [0.15, 0.2) is 0 Å². The first-order valence-electron chi connectivity index (χ1n) is 5.51. The van der Waals surface area contributed by atoms with Gasteiger partial charge in [0.1, 0.15) is 5.82 Å². The molecule has 16 heavy (non-hydrogen) atoms. The van der Waals surface area contributed by atoms with Gasteiger partial charge in [-0.15, -0.1) is 0 Å². The molecular formula is C12H17FN2S. The number of nitrogen functional groups attached to an aromatic ring is 1. The van der Waals surface area contributed by atoms with Crippen molar-refractivity contribution < 1.29 is 4.39 Å². The molecule has 2 N–H and O–H groups in total. The van der Waals surface area contributed by atoms with Gasteiger partial charge in [0, 0.05) is 29.3 Å². The van der Waals surface area contributed by atoms with Gasteiger partial charge in [0.25, 0.3) is 0 Å². The van der Waals surface area contributed by atoms with Gasteiger partial charge in [-0.3, -0.25) is 0 Å². The largest absolute Gasteiger partial charge is 0.399 e. The number of thioether (sulfide) groups is 1. The molecule has 1 fully saturated rings. The topological polar surface area (TPSA) is 29.3 Å². The zero-order chi connectivity index (χ0) is 11.7. The molecule has 1 aliphatic heterocycles. The van der Waals surface area contributed by atoms with E-state index < -0.39 is 0 Å². The van der Waals surface area contributed by atoms with E-state index >= 15 is 0 Å². The first kappa shape index (κ1) is 11.6. The molecule has 0 radical (unpaired) electrons. The average Bonchev–Trinajstić information content (AvgIpc) is 2.15. The van der Waals surface area contributed by atoms with Crippen molar-refractivity contribution in [3.05, 3.63) is 24.0 Å². The van der Waals surface area contributed by atoms with Crippen LogP contribution in [-0.2, 0) is 0 Å². The third-order valence-corrected chi connectivity index (χ3v) is 3.96. The maximum Gasteiger partial charge on any atom is 0.148 e. The van der Waals surface area contributed by atoms with Gasteiger partial charge < -0.3 is 10.6 Å². The summed E-state index contributed by atoms with van der Waals surface area (Å²) < 4.78 is 13.8. The third-order valence-electron chi connectivity index (χ3n) is 2.73. The highest BCUT2D eigenvalue weighted by Gasteiger charge is 2.24. The molecule has 0 amide bonds. The highest BCUT2D eigenvalue weighted by molar-refractivity contribution is 8.00. The number of hydrogen-bond donors (Lipinski definition) is 1. The van der Waals surface area contributed by atoms with Crippen molar-refractivity contribution in [2.75, 3.05) is 23.7 Å². The first-order valence-corrected chi connectivity index (χ1v) is 6.46. The summed E-state index contributed by atoms with van der Waals surface area (Å²) in [7, 11) is 0. The Morgan fingerprint density at radius 2 is 1.94 bits per heavy atom. The lowest BCUT2D eigenvalue weighted by atomic mass is 10.2. The number of benzene rings is 1. The van der Waals surface area contributed by atoms with E-state index in [1.165, 1.54) is 6.07 Å². The minimum absolute atomic E-state index is 0.216. The van der Waals surface area contributed by atoms with E-state index in [0.717, 1.165) is 13.1 Å². The van der Waals surface area contributed by atoms with Crippen LogP contribution in [0.5, 0.6) is 0 Å². The highest BCUT2D eigenvalue weighted by atomic mass is 32.2. The molecule has 2 rings (SSSR count). The Kier molecular flexibility index (Phi) is 3.28. The van der Waals surface area contributed by atoms with Gasteiger partial charge in [-0.2, -0.15) is 11.8 Å². The molecule has 2 unspecified atom stereocenters. The van der Waals surface area contributed by atoms with Crippen LogP contribution in [0.15, 0.2) is 18.2 Å². The van der Waals surface area contributed by atoms with Crippen molar-refractivity contribution in [3.8, 4) is 0 Å². The van der Waals surface area contributed by atoms with Crippen LogP contribution in [0, 0.1) is 5.82 Å². The van der Waals surface area contributed by atoms with Crippen LogP contribution >= 0.6 is 11.8 Å². The molecule has 0 bridgehead atoms. The molecule has 1 aromatic carbocycles. The fourth-order valence-electron chi connectivity index (χ4n) is 2.15. The Hall–Kier alpha value is -0.900. The molecule has 2 atom stereocenters. The summed E-state index contributed by atoms with van der Waals surface area (Å²) >= 11 is 1.96. The predicted octanol–water partition coefficient (Wildman–Crippen LogP) is 2.74. The Morgan fingerprint density at radius 3 is 2.50 bits per heavy atom. The number of nitrogens with zero attached hydrogens (tertiary/aromatic N) is 1. The fourth-order valence-corrected chi connectivity index (χ4v) is 3.48. The maximum absolute atomic E-state index is 13.8. The minimum atomic E-state index is -0.216. The normalized spacial score (nSPS) is 25.8. The van der Waals surface area contributed by atoms with E-state index in [1.807, 2.05) is 11.8 Å². The molecule has 1 aromatic rings. The van der Waals surface area contributed by atoms with Crippen molar-refractivity contribution in [2.45, 2.75) is 24.3 Å². The van der Waals surface area contributed by atoms with Crippen LogP contribution < -0.4 is 10.6 Å². The number of rotatable bonds is 1. The SMILES string of the molecule is CC1CN(c2ccc(N)cc2F)CC(C)S1. The van der Waals surface area contributed by atoms with Crippen LogP contribution in [0.3, 0.4) is 0 Å². The minimum Gasteiger partial charge on any atom is -0.399 e. The molecule has 0 saturated carbocycles. The van der Waals surface area contributed by atoms with Gasteiger partial charge >= 0.3 is 0 Å². The van der Waals surface area contributed by atoms with Crippen LogP contribution in [0.25, 0.3) is 0 Å². The Labute approximate surface area is 100 Å². The zero-order valence-corrected chi connectivity index (χ0v) is 10.4. The summed E-state index contributed by atoms with van der Waals surface area (Å²) in [6, 6.07) is 4.93. The van der Waals surface area contributed by atoms with E-state index in [9.17, 15) is 4.39 Å². The zero-order valence-electron chi connectivity index (χ0n) is 9.61. The van der Waals surface area contributed by atoms with E-state index in [1.54, 1.807) is 12.1 Å². The molecule has 0 aliphatic carbocycles. The number of anilines is 2. The van der Waals surface area contributed by atoms with Crippen molar-refractivity contribution in [1.29, 1.82) is 0 Å². The Bertz CT molecular complexity index is 373. The van der Waals surface area contributed by atoms with Gasteiger partial charge in [-0.05, 0) is 18.2 Å². The lowest BCUT2D eigenvalue weighted by Crippen LogP contribution is -2.40. The molecule has 1 saturated heterocycles. The maximum atomic E-state index is 13.8. The van der Waals surface area contributed by atoms with Crippen molar-refractivity contribution in [3.63, 3.8) is 0 Å². The van der Waals surface area contributed by atoms with Gasteiger partial charge in [-0.1, -0.05) is 13.8 Å². The number of halogens is 1. The van der Waals surface area contributed by atoms with Crippen molar-refractivity contribution in [2.24, 2.45) is 0 Å². The second-order valence-electron chi connectivity index (χ2n) is 4.37. The first-order chi connectivity index (χ1) is 7.56. The van der Waals surface area contributed by atoms with Gasteiger partial charge in [0.2, 0.25) is 0 Å². The summed E-state index contributed by atoms with van der Waals surface area (Å²) in [4.78, 5) is 2.11. The lowest BCUT2D eigenvalue weighted by Gasteiger charge is -2.36. The molecule has 1 heterocycles. The predicted molar refractivity (Wildman–Crippen MR) is 69.5 cm³/mol. The van der Waals surface area contributed by atoms with Crippen molar-refractivity contribution >= 4 is 23.1 Å². The summed E-state index contributed by atoms with van der Waals surface area (Å²) in [5, 5.41) is 1.08. The second-order valence-corrected chi connectivity index (χ2v) is 6.25. The van der Waals surface area contributed by atoms with E-state index in [2.05, 4.69) is 18.7 Å². The van der Waals surface area contributed by atoms with Crippen molar-refractivity contribution in [1.82, 2.24) is 0 Å². The molecule has 0 aromatic heterocycles. The summed E-state index contributed by atoms with van der Waals surface area (Å²) in [6.07, 6.45) is 0. The molecular weight excluding hydrogens is 223 g/mol. The lowest BCUT2D eigenvalue weighted by molar-refractivity contribution is 0.612. The summed E-state index contributed by atoms with van der Waals surface area (Å²) in [5.41, 5.74) is 6.70. The smallest absolute Gasteiger partial charge is 0.148 e. The number of hydrogen-bond acceptors (Lipinski definition) is 3. The fraction of sp³-hybridized carbons (Fsp3) is 0.500. The van der Waals surface area contributed by atoms with Crippen LogP contribution in [0.1, 0.15) is 13.8 Å². The molecule has 88 valence electrons. The van der Waals surface area contributed by atoms with E-state index in [0.29, 0.717) is 21.9 Å². The Morgan fingerprint density at radius 1 is 1.31 bits per heavy atom. The summed E-state index contributed by atoms with van der Waals surface area (Å²) in [6.45, 7) is 6.16. The molecule has 0 spiro atoms. The van der Waals surface area contributed by atoms with E-state index in [-0.39, 0.29) is 5.82 Å². The Balaban J connectivity index is 2.23. The van der Waals surface area contributed by atoms with E-state index in [4.69, 9.17) is 5.73 Å². The van der Waals surface area contributed by atoms with Crippen LogP contribution in [0.2, 0.25) is 0 Å². The quantitative estimate of drug-likeness (QED) is 0.765. The third kappa shape index (κ3) is 2.43.